The number of nitrogens with two attached hydrogens (primary N) is 1. The summed E-state index contributed by atoms with van der Waals surface area (Å²) in [5, 5.41) is 5.25. The van der Waals surface area contributed by atoms with Crippen molar-refractivity contribution in [1.29, 1.82) is 0 Å². The summed E-state index contributed by atoms with van der Waals surface area (Å²) in [5.74, 6) is 5.20. The first kappa shape index (κ1) is 33.7. The van der Waals surface area contributed by atoms with E-state index in [1.807, 2.05) is 0 Å². The third-order valence-electron chi connectivity index (χ3n) is 11.3. The molecular weight excluding hydrogens is 613 g/mol. The van der Waals surface area contributed by atoms with Crippen molar-refractivity contribution in [2.24, 2.45) is 5.84 Å². The van der Waals surface area contributed by atoms with Gasteiger partial charge in [-0.3, -0.25) is 10.2 Å². The van der Waals surface area contributed by atoms with Gasteiger partial charge in [-0.2, -0.15) is 4.58 Å². The molecule has 3 N–H and O–H groups in total. The Hall–Kier alpha value is -4.74. The molecule has 2 heterocycles. The lowest BCUT2D eigenvalue weighted by Crippen LogP contribution is -2.29. The topological polar surface area (TPSA) is 61.4 Å². The van der Waals surface area contributed by atoms with Gasteiger partial charge < -0.3 is 4.90 Å². The fourth-order valence-electron chi connectivity index (χ4n) is 8.79. The van der Waals surface area contributed by atoms with Crippen LogP contribution in [0.1, 0.15) is 83.8 Å². The maximum atomic E-state index is 11.7. The van der Waals surface area contributed by atoms with E-state index in [9.17, 15) is 4.79 Å². The smallest absolute Gasteiger partial charge is 0.233 e. The summed E-state index contributed by atoms with van der Waals surface area (Å²) in [6.45, 7) is 10.4. The number of amides is 1. The summed E-state index contributed by atoms with van der Waals surface area (Å²) >= 11 is 0. The number of rotatable bonds is 9. The van der Waals surface area contributed by atoms with Gasteiger partial charge in [-0.1, -0.05) is 93.1 Å². The summed E-state index contributed by atoms with van der Waals surface area (Å²) in [5.41, 5.74) is 12.9. The zero-order valence-electron chi connectivity index (χ0n) is 30.4. The molecule has 0 atom stereocenters. The fourth-order valence-corrected chi connectivity index (χ4v) is 8.79. The summed E-state index contributed by atoms with van der Waals surface area (Å²) in [6.07, 6.45) is 18.5. The highest BCUT2D eigenvalue weighted by molar-refractivity contribution is 6.07. The van der Waals surface area contributed by atoms with Crippen molar-refractivity contribution in [1.82, 2.24) is 5.43 Å². The number of nitrogens with one attached hydrogen (secondary N) is 1. The Kier molecular flexibility index (Phi) is 9.13. The first-order valence-electron chi connectivity index (χ1n) is 18.3. The third-order valence-corrected chi connectivity index (χ3v) is 11.3. The third kappa shape index (κ3) is 6.02. The van der Waals surface area contributed by atoms with E-state index in [4.69, 9.17) is 5.84 Å². The number of unbranched alkanes of at least 4 members (excludes halogenated alkanes) is 2. The van der Waals surface area contributed by atoms with Gasteiger partial charge >= 0.3 is 0 Å². The van der Waals surface area contributed by atoms with Gasteiger partial charge in [0.15, 0.2) is 5.71 Å². The number of anilines is 1. The van der Waals surface area contributed by atoms with Gasteiger partial charge in [-0.15, -0.1) is 0 Å². The van der Waals surface area contributed by atoms with Crippen LogP contribution in [0.4, 0.5) is 11.4 Å². The van der Waals surface area contributed by atoms with Gasteiger partial charge in [0.1, 0.15) is 7.05 Å². The molecule has 0 saturated heterocycles. The zero-order valence-corrected chi connectivity index (χ0v) is 30.4. The molecule has 0 aromatic heterocycles. The largest absolute Gasteiger partial charge is 0.344 e. The highest BCUT2D eigenvalue weighted by Crippen LogP contribution is 2.51. The van der Waals surface area contributed by atoms with Crippen molar-refractivity contribution in [3.63, 3.8) is 0 Å². The van der Waals surface area contributed by atoms with Crippen molar-refractivity contribution in [3.05, 3.63) is 131 Å². The van der Waals surface area contributed by atoms with Crippen LogP contribution in [0.5, 0.6) is 0 Å². The Morgan fingerprint density at radius 2 is 1.52 bits per heavy atom. The molecule has 4 aromatic rings. The molecule has 0 spiro atoms. The first-order chi connectivity index (χ1) is 24.1. The van der Waals surface area contributed by atoms with Crippen molar-refractivity contribution in [3.8, 4) is 0 Å². The number of benzene rings is 4. The molecular formula is C45H51N4O+. The predicted octanol–water partition coefficient (Wildman–Crippen LogP) is 9.82. The molecule has 5 nitrogen and oxygen atoms in total. The number of allylic oxidation sites excluding steroid dienone is 8. The minimum Gasteiger partial charge on any atom is -0.344 e. The van der Waals surface area contributed by atoms with Crippen LogP contribution in [0.15, 0.2) is 120 Å². The van der Waals surface area contributed by atoms with E-state index in [1.54, 1.807) is 0 Å². The quantitative estimate of drug-likeness (QED) is 0.0616. The maximum absolute atomic E-state index is 11.7. The SMILES string of the molecule is C[N+]1=C(C=CC2=CC(=CC=C3N(CCCCCC(=O)NN)c4ccc5ccccc5c4C3(C)C)CCC2)C(C)(C)c2c1ccc1ccccc21. The highest BCUT2D eigenvalue weighted by atomic mass is 16.2. The lowest BCUT2D eigenvalue weighted by atomic mass is 9.79. The van der Waals surface area contributed by atoms with Crippen molar-refractivity contribution in [2.75, 3.05) is 18.5 Å². The second kappa shape index (κ2) is 13.5. The van der Waals surface area contributed by atoms with Crippen molar-refractivity contribution < 1.29 is 9.37 Å². The average molecular weight is 664 g/mol. The molecule has 256 valence electrons. The zero-order chi connectivity index (χ0) is 35.0. The van der Waals surface area contributed by atoms with Gasteiger partial charge in [0.05, 0.1) is 5.41 Å². The molecule has 4 aromatic carbocycles. The number of fused-ring (bicyclic) bond motifs is 6. The minimum absolute atomic E-state index is 0.0900. The molecule has 3 aliphatic rings. The Labute approximate surface area is 297 Å². The monoisotopic (exact) mass is 663 g/mol. The summed E-state index contributed by atoms with van der Waals surface area (Å²) in [4.78, 5) is 14.2. The summed E-state index contributed by atoms with van der Waals surface area (Å²) in [6, 6.07) is 26.6. The van der Waals surface area contributed by atoms with Crippen molar-refractivity contribution in [2.45, 2.75) is 83.5 Å². The van der Waals surface area contributed by atoms with Crippen LogP contribution < -0.4 is 16.2 Å². The minimum atomic E-state index is -0.151. The van der Waals surface area contributed by atoms with Gasteiger partial charge in [0.25, 0.3) is 0 Å². The van der Waals surface area contributed by atoms with Gasteiger partial charge in [0.2, 0.25) is 11.6 Å². The molecule has 0 fully saturated rings. The highest BCUT2D eigenvalue weighted by Gasteiger charge is 2.44. The number of hydrogen-bond donors (Lipinski definition) is 2. The molecule has 0 saturated carbocycles. The average Bonchev–Trinajstić information content (AvgIpc) is 3.46. The summed E-state index contributed by atoms with van der Waals surface area (Å²) < 4.78 is 2.38. The molecule has 7 rings (SSSR count). The van der Waals surface area contributed by atoms with Crippen molar-refractivity contribution >= 4 is 44.5 Å². The Balaban J connectivity index is 1.17. The predicted molar refractivity (Wildman–Crippen MR) is 210 cm³/mol. The van der Waals surface area contributed by atoms with E-state index >= 15 is 0 Å². The van der Waals surface area contributed by atoms with Gasteiger partial charge in [0, 0.05) is 47.5 Å². The van der Waals surface area contributed by atoms with Crippen LogP contribution in [0.3, 0.4) is 0 Å². The van der Waals surface area contributed by atoms with Gasteiger partial charge in [-0.25, -0.2) is 5.84 Å². The molecule has 50 heavy (non-hydrogen) atoms. The van der Waals surface area contributed by atoms with Crippen LogP contribution in [-0.4, -0.2) is 29.8 Å². The Bertz CT molecular complexity index is 2140. The van der Waals surface area contributed by atoms with Crippen LogP contribution in [-0.2, 0) is 15.6 Å². The summed E-state index contributed by atoms with van der Waals surface area (Å²) in [7, 11) is 2.21. The van der Waals surface area contributed by atoms with E-state index in [0.29, 0.717) is 6.42 Å². The molecule has 1 amide bonds. The van der Waals surface area contributed by atoms with E-state index in [1.165, 1.54) is 66.6 Å². The number of carbonyl (C=O) groups excluding carboxylic acids is 1. The second-order valence-corrected chi connectivity index (χ2v) is 15.3. The number of hydrazine groups is 1. The fraction of sp³-hybridized carbons (Fsp3) is 0.333. The first-order valence-corrected chi connectivity index (χ1v) is 18.3. The number of nitrogens with zero attached hydrogens (tertiary/aromatic N) is 2. The lowest BCUT2D eigenvalue weighted by Gasteiger charge is -2.27. The molecule has 0 unspecified atom stereocenters. The maximum Gasteiger partial charge on any atom is 0.233 e. The van der Waals surface area contributed by atoms with Crippen LogP contribution in [0.2, 0.25) is 0 Å². The molecule has 5 heteroatoms. The second-order valence-electron chi connectivity index (χ2n) is 15.3. The molecule has 0 bridgehead atoms. The standard InChI is InChI=1S/C45H50N4O/c1-44(2)39(48(5)37-25-23-33-16-8-10-18-35(33)42(37)44)27-21-31-14-13-15-32(30-31)22-28-40-45(3,4)43-36-19-11-9-17-34(36)24-26-38(43)49(40)29-12-6-7-20-41(50)47-46/h8-11,16-19,21-28,30H,6-7,12-15,20,29,46H2,1-5H3/p+1. The molecule has 1 aliphatic carbocycles. The van der Waals surface area contributed by atoms with Crippen LogP contribution in [0, 0.1) is 0 Å². The van der Waals surface area contributed by atoms with Crippen LogP contribution in [0.25, 0.3) is 21.5 Å². The molecule has 0 radical (unpaired) electrons. The normalized spacial score (nSPS) is 19.6. The molecule has 2 aliphatic heterocycles. The lowest BCUT2D eigenvalue weighted by molar-refractivity contribution is -0.401. The Morgan fingerprint density at radius 1 is 0.820 bits per heavy atom. The number of carbonyl (C=O) groups is 1. The Morgan fingerprint density at radius 3 is 2.26 bits per heavy atom. The number of hydrogen-bond acceptors (Lipinski definition) is 3. The van der Waals surface area contributed by atoms with E-state index < -0.39 is 0 Å². The van der Waals surface area contributed by atoms with Crippen LogP contribution >= 0.6 is 0 Å². The van der Waals surface area contributed by atoms with E-state index in [0.717, 1.165) is 45.1 Å². The van der Waals surface area contributed by atoms with E-state index in [2.05, 4.69) is 153 Å². The van der Waals surface area contributed by atoms with Gasteiger partial charge in [-0.05, 0) is 102 Å². The van der Waals surface area contributed by atoms with E-state index in [-0.39, 0.29) is 16.7 Å².